The van der Waals surface area contributed by atoms with Crippen LogP contribution in [0.3, 0.4) is 0 Å². The lowest BCUT2D eigenvalue weighted by atomic mass is 10.1. The van der Waals surface area contributed by atoms with E-state index in [1.807, 2.05) is 6.07 Å². The van der Waals surface area contributed by atoms with Gasteiger partial charge >= 0.3 is 0 Å². The Bertz CT molecular complexity index is 467. The molecule has 2 rings (SSSR count). The first kappa shape index (κ1) is 12.7. The molecule has 0 radical (unpaired) electrons. The van der Waals surface area contributed by atoms with Crippen LogP contribution in [-0.2, 0) is 6.42 Å². The van der Waals surface area contributed by atoms with Gasteiger partial charge in [-0.05, 0) is 54.8 Å². The van der Waals surface area contributed by atoms with Crippen LogP contribution >= 0.6 is 54.5 Å². The van der Waals surface area contributed by atoms with Gasteiger partial charge in [-0.2, -0.15) is 0 Å². The molecule has 0 bridgehead atoms. The molecule has 16 heavy (non-hydrogen) atoms. The SMILES string of the molecule is NNC(Cc1sccc1Br)c1sccc1Br. The Morgan fingerprint density at radius 3 is 2.38 bits per heavy atom. The second-order valence-corrected chi connectivity index (χ2v) is 6.90. The number of nitrogens with two attached hydrogens (primary N) is 1. The summed E-state index contributed by atoms with van der Waals surface area (Å²) in [4.78, 5) is 2.55. The molecule has 2 heterocycles. The minimum absolute atomic E-state index is 0.157. The van der Waals surface area contributed by atoms with Crippen molar-refractivity contribution in [1.29, 1.82) is 0 Å². The van der Waals surface area contributed by atoms with E-state index in [1.165, 1.54) is 9.75 Å². The molecular weight excluding hydrogens is 372 g/mol. The zero-order chi connectivity index (χ0) is 11.5. The quantitative estimate of drug-likeness (QED) is 0.618. The van der Waals surface area contributed by atoms with Crippen LogP contribution in [0.25, 0.3) is 0 Å². The van der Waals surface area contributed by atoms with Gasteiger partial charge in [-0.25, -0.2) is 0 Å². The third-order valence-electron chi connectivity index (χ3n) is 2.24. The second-order valence-electron chi connectivity index (χ2n) is 3.25. The lowest BCUT2D eigenvalue weighted by molar-refractivity contribution is 0.562. The zero-order valence-corrected chi connectivity index (χ0v) is 13.0. The summed E-state index contributed by atoms with van der Waals surface area (Å²) in [6.07, 6.45) is 0.897. The van der Waals surface area contributed by atoms with Gasteiger partial charge in [0.15, 0.2) is 0 Å². The zero-order valence-electron chi connectivity index (χ0n) is 8.24. The van der Waals surface area contributed by atoms with Crippen molar-refractivity contribution in [3.63, 3.8) is 0 Å². The maximum atomic E-state index is 5.62. The molecule has 0 spiro atoms. The highest BCUT2D eigenvalue weighted by Crippen LogP contribution is 2.33. The number of hydrogen-bond acceptors (Lipinski definition) is 4. The summed E-state index contributed by atoms with van der Waals surface area (Å²) < 4.78 is 2.28. The van der Waals surface area contributed by atoms with Gasteiger partial charge in [-0.15, -0.1) is 22.7 Å². The van der Waals surface area contributed by atoms with Crippen molar-refractivity contribution in [1.82, 2.24) is 5.43 Å². The van der Waals surface area contributed by atoms with Crippen LogP contribution in [-0.4, -0.2) is 0 Å². The fourth-order valence-electron chi connectivity index (χ4n) is 1.44. The van der Waals surface area contributed by atoms with Crippen molar-refractivity contribution in [2.45, 2.75) is 12.5 Å². The van der Waals surface area contributed by atoms with Crippen molar-refractivity contribution in [3.05, 3.63) is 41.6 Å². The summed E-state index contributed by atoms with van der Waals surface area (Å²) in [5, 5.41) is 4.14. The molecule has 0 aliphatic rings. The highest BCUT2D eigenvalue weighted by molar-refractivity contribution is 9.10. The molecule has 1 unspecified atom stereocenters. The fourth-order valence-corrected chi connectivity index (χ4v) is 4.71. The van der Waals surface area contributed by atoms with Crippen LogP contribution in [0.2, 0.25) is 0 Å². The van der Waals surface area contributed by atoms with E-state index in [9.17, 15) is 0 Å². The van der Waals surface area contributed by atoms with Gasteiger partial charge in [-0.3, -0.25) is 11.3 Å². The van der Waals surface area contributed by atoms with E-state index in [0.29, 0.717) is 0 Å². The summed E-state index contributed by atoms with van der Waals surface area (Å²) in [6, 6.07) is 4.27. The van der Waals surface area contributed by atoms with Crippen LogP contribution < -0.4 is 11.3 Å². The van der Waals surface area contributed by atoms with Gasteiger partial charge in [0.25, 0.3) is 0 Å². The first-order chi connectivity index (χ1) is 7.72. The summed E-state index contributed by atoms with van der Waals surface area (Å²) in [5.74, 6) is 5.62. The molecule has 0 saturated carbocycles. The van der Waals surface area contributed by atoms with E-state index >= 15 is 0 Å². The Kier molecular flexibility index (Phi) is 4.57. The first-order valence-electron chi connectivity index (χ1n) is 4.63. The minimum Gasteiger partial charge on any atom is -0.271 e. The van der Waals surface area contributed by atoms with E-state index < -0.39 is 0 Å². The van der Waals surface area contributed by atoms with Gasteiger partial charge < -0.3 is 0 Å². The molecule has 1 atom stereocenters. The van der Waals surface area contributed by atoms with Crippen molar-refractivity contribution in [2.75, 3.05) is 0 Å². The van der Waals surface area contributed by atoms with Gasteiger partial charge in [0.05, 0.1) is 6.04 Å². The van der Waals surface area contributed by atoms with E-state index in [-0.39, 0.29) is 6.04 Å². The van der Waals surface area contributed by atoms with Crippen molar-refractivity contribution in [3.8, 4) is 0 Å². The van der Waals surface area contributed by atoms with Crippen molar-refractivity contribution >= 4 is 54.5 Å². The molecule has 0 amide bonds. The Hall–Kier alpha value is 0.280. The molecule has 2 nitrogen and oxygen atoms in total. The van der Waals surface area contributed by atoms with Crippen molar-refractivity contribution in [2.24, 2.45) is 5.84 Å². The molecule has 0 saturated heterocycles. The molecule has 86 valence electrons. The molecule has 3 N–H and O–H groups in total. The van der Waals surface area contributed by atoms with E-state index in [2.05, 4.69) is 54.1 Å². The normalized spacial score (nSPS) is 12.9. The van der Waals surface area contributed by atoms with Crippen LogP contribution in [0.15, 0.2) is 31.8 Å². The Morgan fingerprint density at radius 1 is 1.19 bits per heavy atom. The largest absolute Gasteiger partial charge is 0.271 e. The lowest BCUT2D eigenvalue weighted by Crippen LogP contribution is -2.29. The highest BCUT2D eigenvalue weighted by Gasteiger charge is 2.16. The van der Waals surface area contributed by atoms with Crippen LogP contribution in [0.4, 0.5) is 0 Å². The predicted octanol–water partition coefficient (Wildman–Crippen LogP) is 4.08. The number of rotatable bonds is 4. The monoisotopic (exact) mass is 380 g/mol. The molecular formula is C10H10Br2N2S2. The standard InChI is InChI=1S/C10H10Br2N2S2/c11-6-1-3-15-9(6)5-8(14-13)10-7(12)2-4-16-10/h1-4,8,14H,5,13H2. The molecule has 0 aliphatic heterocycles. The van der Waals surface area contributed by atoms with Gasteiger partial charge in [-0.1, -0.05) is 0 Å². The predicted molar refractivity (Wildman–Crippen MR) is 77.8 cm³/mol. The first-order valence-corrected chi connectivity index (χ1v) is 7.97. The highest BCUT2D eigenvalue weighted by atomic mass is 79.9. The maximum absolute atomic E-state index is 5.62. The van der Waals surface area contributed by atoms with Crippen molar-refractivity contribution < 1.29 is 0 Å². The third-order valence-corrected chi connectivity index (χ3v) is 6.18. The van der Waals surface area contributed by atoms with E-state index in [4.69, 9.17) is 5.84 Å². The second kappa shape index (κ2) is 5.75. The molecule has 6 heteroatoms. The topological polar surface area (TPSA) is 38.0 Å². The number of halogens is 2. The van der Waals surface area contributed by atoms with Gasteiger partial charge in [0.2, 0.25) is 0 Å². The molecule has 2 aromatic heterocycles. The third kappa shape index (κ3) is 2.75. The summed E-state index contributed by atoms with van der Waals surface area (Å²) in [7, 11) is 0. The molecule has 0 aliphatic carbocycles. The Balaban J connectivity index is 2.19. The number of thiophene rings is 2. The van der Waals surface area contributed by atoms with Gasteiger partial charge in [0, 0.05) is 25.1 Å². The Morgan fingerprint density at radius 2 is 1.88 bits per heavy atom. The molecule has 0 fully saturated rings. The average Bonchev–Trinajstić information content (AvgIpc) is 2.85. The van der Waals surface area contributed by atoms with E-state index in [0.717, 1.165) is 15.4 Å². The van der Waals surface area contributed by atoms with Crippen LogP contribution in [0.1, 0.15) is 15.8 Å². The molecule has 0 aromatic carbocycles. The van der Waals surface area contributed by atoms with Gasteiger partial charge in [0.1, 0.15) is 0 Å². The van der Waals surface area contributed by atoms with Crippen LogP contribution in [0.5, 0.6) is 0 Å². The summed E-state index contributed by atoms with van der Waals surface area (Å²) in [5.41, 5.74) is 2.88. The Labute approximate surface area is 119 Å². The minimum atomic E-state index is 0.157. The lowest BCUT2D eigenvalue weighted by Gasteiger charge is -2.14. The number of nitrogens with one attached hydrogen (secondary N) is 1. The fraction of sp³-hybridized carbons (Fsp3) is 0.200. The maximum Gasteiger partial charge on any atom is 0.0613 e. The smallest absolute Gasteiger partial charge is 0.0613 e. The number of hydrazine groups is 1. The van der Waals surface area contributed by atoms with E-state index in [1.54, 1.807) is 22.7 Å². The number of hydrogen-bond donors (Lipinski definition) is 2. The average molecular weight is 382 g/mol. The summed E-state index contributed by atoms with van der Waals surface area (Å²) in [6.45, 7) is 0. The molecule has 2 aromatic rings. The van der Waals surface area contributed by atoms with Crippen LogP contribution in [0, 0.1) is 0 Å². The summed E-state index contributed by atoms with van der Waals surface area (Å²) >= 11 is 10.5.